The van der Waals surface area contributed by atoms with Gasteiger partial charge >= 0.3 is 0 Å². The van der Waals surface area contributed by atoms with Gasteiger partial charge in [-0.05, 0) is 31.7 Å². The Morgan fingerprint density at radius 1 is 1.28 bits per heavy atom. The summed E-state index contributed by atoms with van der Waals surface area (Å²) in [5.41, 5.74) is -1.66. The summed E-state index contributed by atoms with van der Waals surface area (Å²) in [7, 11) is 0. The molecule has 0 spiro atoms. The van der Waals surface area contributed by atoms with Crippen LogP contribution in [0.1, 0.15) is 37.6 Å². The number of nitro benzene ring substituents is 1. The van der Waals surface area contributed by atoms with Crippen LogP contribution in [-0.4, -0.2) is 33.3 Å². The van der Waals surface area contributed by atoms with Crippen LogP contribution >= 0.6 is 23.4 Å². The molecule has 1 aliphatic carbocycles. The normalized spacial score (nSPS) is 25.7. The number of carbonyl (C=O) groups excluding carboxylic acids is 3. The number of carbonyl (C=O) groups is 3. The predicted octanol–water partition coefficient (Wildman–Crippen LogP) is 3.74. The summed E-state index contributed by atoms with van der Waals surface area (Å²) in [6.07, 6.45) is 2.06. The van der Waals surface area contributed by atoms with Crippen molar-refractivity contribution < 1.29 is 19.3 Å². The van der Waals surface area contributed by atoms with Gasteiger partial charge in [0.1, 0.15) is 5.92 Å². The third kappa shape index (κ3) is 3.35. The highest BCUT2D eigenvalue weighted by atomic mass is 35.5. The summed E-state index contributed by atoms with van der Waals surface area (Å²) in [4.78, 5) is 49.1. The van der Waals surface area contributed by atoms with Crippen molar-refractivity contribution in [3.63, 3.8) is 0 Å². The number of benzene rings is 1. The van der Waals surface area contributed by atoms with E-state index in [1.54, 1.807) is 27.0 Å². The zero-order chi connectivity index (χ0) is 19.2. The van der Waals surface area contributed by atoms with E-state index in [0.29, 0.717) is 6.42 Å². The third-order valence-corrected chi connectivity index (χ3v) is 6.11. The molecule has 6 nitrogen and oxygen atoms in total. The van der Waals surface area contributed by atoms with Crippen molar-refractivity contribution in [1.82, 2.24) is 0 Å². The number of rotatable bonds is 4. The molecule has 0 N–H and O–H groups in total. The second kappa shape index (κ2) is 6.53. The van der Waals surface area contributed by atoms with Gasteiger partial charge in [0.2, 0.25) is 0 Å². The summed E-state index contributed by atoms with van der Waals surface area (Å²) in [5, 5.41) is 11.4. The summed E-state index contributed by atoms with van der Waals surface area (Å²) < 4.78 is -0.904. The minimum absolute atomic E-state index is 0.0961. The molecule has 1 aromatic rings. The molecule has 2 atom stereocenters. The van der Waals surface area contributed by atoms with E-state index in [1.165, 1.54) is 23.9 Å². The first-order valence-corrected chi connectivity index (χ1v) is 9.17. The van der Waals surface area contributed by atoms with Crippen molar-refractivity contribution in [3.8, 4) is 0 Å². The number of Topliss-reactive ketones (excluding diaryl/α,β-unsaturated/α-hetero) is 3. The standard InChI is InChI=1S/C17H18ClNO5S/c1-16(2)8-17(3,25-4)15(22)12(14(16)21)13(20)10-6-5-9(18)7-11(10)19(23)24/h5-7,12H,8H2,1-4H3. The van der Waals surface area contributed by atoms with Gasteiger partial charge in [-0.25, -0.2) is 0 Å². The molecule has 8 heteroatoms. The highest BCUT2D eigenvalue weighted by Crippen LogP contribution is 2.46. The molecule has 0 aromatic heterocycles. The molecule has 1 saturated carbocycles. The quantitative estimate of drug-likeness (QED) is 0.340. The fourth-order valence-corrected chi connectivity index (χ4v) is 4.25. The Kier molecular flexibility index (Phi) is 5.12. The lowest BCUT2D eigenvalue weighted by atomic mass is 9.64. The third-order valence-electron chi connectivity index (χ3n) is 4.63. The zero-order valence-corrected chi connectivity index (χ0v) is 15.9. The van der Waals surface area contributed by atoms with Crippen molar-refractivity contribution >= 4 is 46.4 Å². The largest absolute Gasteiger partial charge is 0.298 e. The number of thioether (sulfide) groups is 1. The Morgan fingerprint density at radius 3 is 2.40 bits per heavy atom. The van der Waals surface area contributed by atoms with E-state index in [4.69, 9.17) is 11.6 Å². The van der Waals surface area contributed by atoms with Gasteiger partial charge in [-0.15, -0.1) is 0 Å². The first-order chi connectivity index (χ1) is 11.4. The van der Waals surface area contributed by atoms with Crippen molar-refractivity contribution in [1.29, 1.82) is 0 Å². The van der Waals surface area contributed by atoms with Gasteiger partial charge in [-0.1, -0.05) is 25.4 Å². The molecule has 0 heterocycles. The van der Waals surface area contributed by atoms with Crippen LogP contribution in [0.2, 0.25) is 5.02 Å². The average molecular weight is 384 g/mol. The summed E-state index contributed by atoms with van der Waals surface area (Å²) in [6.45, 7) is 5.07. The second-order valence-electron chi connectivity index (χ2n) is 6.94. The van der Waals surface area contributed by atoms with Gasteiger partial charge in [-0.2, -0.15) is 11.8 Å². The molecule has 0 bridgehead atoms. The Labute approximate surface area is 154 Å². The second-order valence-corrected chi connectivity index (χ2v) is 8.69. The van der Waals surface area contributed by atoms with Crippen molar-refractivity contribution in [2.75, 3.05) is 6.26 Å². The van der Waals surface area contributed by atoms with E-state index in [9.17, 15) is 24.5 Å². The molecular weight excluding hydrogens is 366 g/mol. The van der Waals surface area contributed by atoms with Gasteiger partial charge in [0.15, 0.2) is 17.3 Å². The number of hydrogen-bond acceptors (Lipinski definition) is 6. The van der Waals surface area contributed by atoms with Gasteiger partial charge in [0.25, 0.3) is 5.69 Å². The number of halogens is 1. The van der Waals surface area contributed by atoms with E-state index in [-0.39, 0.29) is 10.6 Å². The minimum Gasteiger partial charge on any atom is -0.298 e. The fourth-order valence-electron chi connectivity index (χ4n) is 3.26. The topological polar surface area (TPSA) is 94.3 Å². The molecule has 1 fully saturated rings. The Bertz CT molecular complexity index is 791. The monoisotopic (exact) mass is 383 g/mol. The van der Waals surface area contributed by atoms with E-state index < -0.39 is 44.0 Å². The molecule has 1 aromatic carbocycles. The fraction of sp³-hybridized carbons (Fsp3) is 0.471. The first-order valence-electron chi connectivity index (χ1n) is 7.56. The number of ketones is 3. The smallest absolute Gasteiger partial charge is 0.281 e. The minimum atomic E-state index is -1.54. The van der Waals surface area contributed by atoms with Crippen LogP contribution in [0.3, 0.4) is 0 Å². The maximum atomic E-state index is 13.0. The van der Waals surface area contributed by atoms with Crippen LogP contribution in [0.5, 0.6) is 0 Å². The molecular formula is C17H18ClNO5S. The van der Waals surface area contributed by atoms with Crippen molar-refractivity contribution in [2.24, 2.45) is 11.3 Å². The lowest BCUT2D eigenvalue weighted by molar-refractivity contribution is -0.385. The van der Waals surface area contributed by atoms with Crippen molar-refractivity contribution in [3.05, 3.63) is 38.9 Å². The van der Waals surface area contributed by atoms with E-state index in [1.807, 2.05) is 0 Å². The maximum Gasteiger partial charge on any atom is 0.281 e. The lowest BCUT2D eigenvalue weighted by Crippen LogP contribution is -2.55. The molecule has 2 rings (SSSR count). The van der Waals surface area contributed by atoms with Crippen molar-refractivity contribution in [2.45, 2.75) is 31.9 Å². The van der Waals surface area contributed by atoms with Gasteiger partial charge in [0, 0.05) is 16.5 Å². The van der Waals surface area contributed by atoms with Crippen LogP contribution in [0.4, 0.5) is 5.69 Å². The van der Waals surface area contributed by atoms with Gasteiger partial charge in [-0.3, -0.25) is 24.5 Å². The van der Waals surface area contributed by atoms with Crippen LogP contribution < -0.4 is 0 Å². The Balaban J connectivity index is 2.59. The van der Waals surface area contributed by atoms with Crippen LogP contribution in [-0.2, 0) is 9.59 Å². The van der Waals surface area contributed by atoms with Crippen LogP contribution in [0.15, 0.2) is 18.2 Å². The molecule has 2 unspecified atom stereocenters. The number of hydrogen-bond donors (Lipinski definition) is 0. The summed E-state index contributed by atoms with van der Waals surface area (Å²) >= 11 is 7.05. The number of nitrogens with zero attached hydrogens (tertiary/aromatic N) is 1. The highest BCUT2D eigenvalue weighted by Gasteiger charge is 2.56. The average Bonchev–Trinajstić information content (AvgIpc) is 2.52. The van der Waals surface area contributed by atoms with E-state index in [0.717, 1.165) is 6.07 Å². The van der Waals surface area contributed by atoms with Gasteiger partial charge < -0.3 is 0 Å². The Hall–Kier alpha value is -1.73. The molecule has 1 aliphatic rings. The molecule has 0 aliphatic heterocycles. The molecule has 25 heavy (non-hydrogen) atoms. The van der Waals surface area contributed by atoms with E-state index >= 15 is 0 Å². The summed E-state index contributed by atoms with van der Waals surface area (Å²) in [5.74, 6) is -3.38. The SMILES string of the molecule is CSC1(C)CC(C)(C)C(=O)C(C(=O)c2ccc(Cl)cc2[N+](=O)[O-])C1=O. The predicted molar refractivity (Wildman–Crippen MR) is 96.3 cm³/mol. The molecule has 0 amide bonds. The molecule has 134 valence electrons. The maximum absolute atomic E-state index is 13.0. The van der Waals surface area contributed by atoms with Crippen LogP contribution in [0.25, 0.3) is 0 Å². The Morgan fingerprint density at radius 2 is 1.88 bits per heavy atom. The first kappa shape index (κ1) is 19.6. The molecule has 0 saturated heterocycles. The van der Waals surface area contributed by atoms with E-state index in [2.05, 4.69) is 0 Å². The van der Waals surface area contributed by atoms with Crippen LogP contribution in [0, 0.1) is 21.4 Å². The van der Waals surface area contributed by atoms with Gasteiger partial charge in [0.05, 0.1) is 15.2 Å². The zero-order valence-electron chi connectivity index (χ0n) is 14.3. The summed E-state index contributed by atoms with van der Waals surface area (Å²) in [6, 6.07) is 3.57. The molecule has 0 radical (unpaired) electrons. The highest BCUT2D eigenvalue weighted by molar-refractivity contribution is 8.00. The number of nitro groups is 1. The lowest BCUT2D eigenvalue weighted by Gasteiger charge is -2.42.